The van der Waals surface area contributed by atoms with Crippen LogP contribution >= 0.6 is 11.3 Å². The van der Waals surface area contributed by atoms with Gasteiger partial charge in [0.05, 0.1) is 0 Å². The molecule has 25 heavy (non-hydrogen) atoms. The zero-order valence-corrected chi connectivity index (χ0v) is 17.0. The molecule has 1 fully saturated rings. The summed E-state index contributed by atoms with van der Waals surface area (Å²) < 4.78 is 28.3. The van der Waals surface area contributed by atoms with Crippen LogP contribution in [0.25, 0.3) is 0 Å². The van der Waals surface area contributed by atoms with E-state index in [0.717, 1.165) is 24.3 Å². The summed E-state index contributed by atoms with van der Waals surface area (Å²) in [4.78, 5) is 12.8. The number of sulfonamides is 1. The molecule has 1 aromatic rings. The topological polar surface area (TPSA) is 87.3 Å². The van der Waals surface area contributed by atoms with Crippen molar-refractivity contribution in [3.05, 3.63) is 17.0 Å². The predicted molar refractivity (Wildman–Crippen MR) is 101 cm³/mol. The van der Waals surface area contributed by atoms with Gasteiger partial charge in [-0.05, 0) is 44.9 Å². The van der Waals surface area contributed by atoms with Crippen LogP contribution in [0, 0.1) is 5.41 Å². The second-order valence-corrected chi connectivity index (χ2v) is 10.8. The van der Waals surface area contributed by atoms with Gasteiger partial charge in [0.15, 0.2) is 0 Å². The first-order valence-electron chi connectivity index (χ1n) is 8.70. The molecule has 1 aliphatic rings. The molecule has 8 heteroatoms. The monoisotopic (exact) mass is 387 g/mol. The van der Waals surface area contributed by atoms with Crippen LogP contribution in [-0.2, 0) is 21.2 Å². The fourth-order valence-electron chi connectivity index (χ4n) is 2.72. The molecule has 0 aliphatic carbocycles. The standard InChI is InChI=1S/C17H29N3O3S2/c1-12-11-13(7-9-18-12)20-25(22,23)15-6-5-14(24-15)8-10-19-16(21)17(2,3)4/h5-6,12-13,18,20H,7-11H2,1-4H3,(H,19,21). The molecule has 1 saturated heterocycles. The Labute approximate surface area is 154 Å². The molecule has 0 spiro atoms. The summed E-state index contributed by atoms with van der Waals surface area (Å²) in [5, 5.41) is 6.20. The van der Waals surface area contributed by atoms with Crippen molar-refractivity contribution in [2.45, 2.75) is 63.3 Å². The van der Waals surface area contributed by atoms with Crippen LogP contribution < -0.4 is 15.4 Å². The normalized spacial score (nSPS) is 21.9. The van der Waals surface area contributed by atoms with Gasteiger partial charge in [-0.3, -0.25) is 4.79 Å². The van der Waals surface area contributed by atoms with E-state index in [9.17, 15) is 13.2 Å². The van der Waals surface area contributed by atoms with Gasteiger partial charge in [-0.1, -0.05) is 20.8 Å². The molecule has 0 saturated carbocycles. The average Bonchev–Trinajstić information content (AvgIpc) is 2.95. The summed E-state index contributed by atoms with van der Waals surface area (Å²) in [6, 6.07) is 3.79. The SMILES string of the molecule is CC1CC(NS(=O)(=O)c2ccc(CCNC(=O)C(C)(C)C)s2)CCN1. The molecular formula is C17H29N3O3S2. The molecule has 2 unspecified atom stereocenters. The first-order valence-corrected chi connectivity index (χ1v) is 11.0. The molecule has 1 aromatic heterocycles. The molecule has 142 valence electrons. The van der Waals surface area contributed by atoms with Crippen molar-refractivity contribution in [1.29, 1.82) is 0 Å². The van der Waals surface area contributed by atoms with E-state index in [4.69, 9.17) is 0 Å². The van der Waals surface area contributed by atoms with E-state index < -0.39 is 15.4 Å². The zero-order valence-electron chi connectivity index (χ0n) is 15.4. The highest BCUT2D eigenvalue weighted by Crippen LogP contribution is 2.23. The first-order chi connectivity index (χ1) is 11.6. The number of carbonyl (C=O) groups excluding carboxylic acids is 1. The lowest BCUT2D eigenvalue weighted by Crippen LogP contribution is -2.46. The van der Waals surface area contributed by atoms with E-state index in [2.05, 4.69) is 22.3 Å². The van der Waals surface area contributed by atoms with Crippen LogP contribution in [0.1, 0.15) is 45.4 Å². The number of hydrogen-bond acceptors (Lipinski definition) is 5. The third-order valence-corrected chi connectivity index (χ3v) is 7.34. The molecule has 0 aromatic carbocycles. The van der Waals surface area contributed by atoms with Crippen LogP contribution in [0.3, 0.4) is 0 Å². The van der Waals surface area contributed by atoms with E-state index in [1.807, 2.05) is 26.8 Å². The summed E-state index contributed by atoms with van der Waals surface area (Å²) in [5.74, 6) is -0.00130. The molecule has 6 nitrogen and oxygen atoms in total. The molecule has 2 heterocycles. The summed E-state index contributed by atoms with van der Waals surface area (Å²) >= 11 is 1.27. The van der Waals surface area contributed by atoms with E-state index in [1.54, 1.807) is 6.07 Å². The smallest absolute Gasteiger partial charge is 0.250 e. The summed E-state index contributed by atoms with van der Waals surface area (Å²) in [5.41, 5.74) is -0.417. The van der Waals surface area contributed by atoms with Gasteiger partial charge >= 0.3 is 0 Å². The molecule has 3 N–H and O–H groups in total. The van der Waals surface area contributed by atoms with Crippen LogP contribution in [0.5, 0.6) is 0 Å². The molecule has 2 atom stereocenters. The quantitative estimate of drug-likeness (QED) is 0.695. The van der Waals surface area contributed by atoms with Gasteiger partial charge in [0.25, 0.3) is 0 Å². The highest BCUT2D eigenvalue weighted by atomic mass is 32.2. The average molecular weight is 388 g/mol. The van der Waals surface area contributed by atoms with Gasteiger partial charge in [0.1, 0.15) is 4.21 Å². The van der Waals surface area contributed by atoms with Gasteiger partial charge in [0, 0.05) is 28.9 Å². The number of amides is 1. The van der Waals surface area contributed by atoms with E-state index >= 15 is 0 Å². The molecule has 1 amide bonds. The fourth-order valence-corrected chi connectivity index (χ4v) is 5.37. The summed E-state index contributed by atoms with van der Waals surface area (Å²) in [6.07, 6.45) is 2.24. The van der Waals surface area contributed by atoms with Crippen molar-refractivity contribution in [1.82, 2.24) is 15.4 Å². The van der Waals surface area contributed by atoms with E-state index in [-0.39, 0.29) is 11.9 Å². The van der Waals surface area contributed by atoms with Gasteiger partial charge in [0.2, 0.25) is 15.9 Å². The summed E-state index contributed by atoms with van der Waals surface area (Å²) in [7, 11) is -3.47. The number of carbonyl (C=O) groups is 1. The Morgan fingerprint density at radius 3 is 2.72 bits per heavy atom. The molecule has 0 bridgehead atoms. The number of piperidine rings is 1. The molecule has 1 aliphatic heterocycles. The Bertz CT molecular complexity index is 692. The Balaban J connectivity index is 1.90. The number of nitrogens with one attached hydrogen (secondary N) is 3. The van der Waals surface area contributed by atoms with Crippen molar-refractivity contribution < 1.29 is 13.2 Å². The maximum atomic E-state index is 12.5. The van der Waals surface area contributed by atoms with Crippen LogP contribution in [-0.4, -0.2) is 39.5 Å². The second kappa shape index (κ2) is 8.16. The lowest BCUT2D eigenvalue weighted by molar-refractivity contribution is -0.128. The summed E-state index contributed by atoms with van der Waals surface area (Å²) in [6.45, 7) is 9.00. The van der Waals surface area contributed by atoms with Gasteiger partial charge in [-0.25, -0.2) is 13.1 Å². The van der Waals surface area contributed by atoms with Crippen LogP contribution in [0.15, 0.2) is 16.3 Å². The number of hydrogen-bond donors (Lipinski definition) is 3. The maximum absolute atomic E-state index is 12.5. The van der Waals surface area contributed by atoms with Gasteiger partial charge < -0.3 is 10.6 Å². The fraction of sp³-hybridized carbons (Fsp3) is 0.706. The lowest BCUT2D eigenvalue weighted by atomic mass is 9.96. The van der Waals surface area contributed by atoms with Crippen molar-refractivity contribution in [2.75, 3.05) is 13.1 Å². The number of rotatable bonds is 6. The third kappa shape index (κ3) is 6.06. The predicted octanol–water partition coefficient (Wildman–Crippen LogP) is 1.87. The minimum atomic E-state index is -3.47. The van der Waals surface area contributed by atoms with Crippen molar-refractivity contribution in [3.8, 4) is 0 Å². The van der Waals surface area contributed by atoms with E-state index in [0.29, 0.717) is 23.2 Å². The highest BCUT2D eigenvalue weighted by Gasteiger charge is 2.25. The highest BCUT2D eigenvalue weighted by molar-refractivity contribution is 7.91. The zero-order chi connectivity index (χ0) is 18.7. The minimum absolute atomic E-state index is 0.00130. The second-order valence-electron chi connectivity index (χ2n) is 7.67. The Kier molecular flexibility index (Phi) is 6.64. The Morgan fingerprint density at radius 2 is 2.08 bits per heavy atom. The van der Waals surface area contributed by atoms with Gasteiger partial charge in [-0.2, -0.15) is 0 Å². The van der Waals surface area contributed by atoms with Crippen LogP contribution in [0.4, 0.5) is 0 Å². The minimum Gasteiger partial charge on any atom is -0.355 e. The third-order valence-electron chi connectivity index (χ3n) is 4.19. The Morgan fingerprint density at radius 1 is 1.36 bits per heavy atom. The number of thiophene rings is 1. The first kappa shape index (κ1) is 20.4. The van der Waals surface area contributed by atoms with Crippen molar-refractivity contribution in [2.24, 2.45) is 5.41 Å². The van der Waals surface area contributed by atoms with Crippen molar-refractivity contribution in [3.63, 3.8) is 0 Å². The van der Waals surface area contributed by atoms with Crippen molar-refractivity contribution >= 4 is 27.3 Å². The van der Waals surface area contributed by atoms with Crippen LogP contribution in [0.2, 0.25) is 0 Å². The largest absolute Gasteiger partial charge is 0.355 e. The maximum Gasteiger partial charge on any atom is 0.250 e. The lowest BCUT2D eigenvalue weighted by Gasteiger charge is -2.28. The molecule has 2 rings (SSSR count). The Hall–Kier alpha value is -0.960. The van der Waals surface area contributed by atoms with Gasteiger partial charge in [-0.15, -0.1) is 11.3 Å². The molecular weight excluding hydrogens is 358 g/mol. The molecule has 0 radical (unpaired) electrons. The van der Waals surface area contributed by atoms with E-state index in [1.165, 1.54) is 11.3 Å².